The molecule has 2 rings (SSSR count). The highest BCUT2D eigenvalue weighted by Gasteiger charge is 2.27. The monoisotopic (exact) mass is 410 g/mol. The Bertz CT molecular complexity index is 876. The third kappa shape index (κ3) is 6.34. The maximum absolute atomic E-state index is 13.1. The lowest BCUT2D eigenvalue weighted by Crippen LogP contribution is -2.49. The van der Waals surface area contributed by atoms with Gasteiger partial charge in [-0.05, 0) is 61.9 Å². The molecule has 0 aromatic heterocycles. The van der Waals surface area contributed by atoms with Gasteiger partial charge in [-0.15, -0.1) is 0 Å². The molecule has 0 aliphatic carbocycles. The molecule has 1 atom stereocenters. The molecule has 5 nitrogen and oxygen atoms in total. The molecule has 2 amide bonds. The summed E-state index contributed by atoms with van der Waals surface area (Å²) in [6.07, 6.45) is 0. The molecule has 2 aromatic rings. The van der Waals surface area contributed by atoms with Crippen LogP contribution in [0.15, 0.2) is 42.5 Å². The first-order chi connectivity index (χ1) is 14.2. The van der Waals surface area contributed by atoms with E-state index < -0.39 is 6.04 Å². The number of benzene rings is 2. The van der Waals surface area contributed by atoms with Crippen molar-refractivity contribution >= 4 is 11.8 Å². The number of carbonyl (C=O) groups excluding carboxylic acids is 2. The van der Waals surface area contributed by atoms with Crippen LogP contribution in [0, 0.1) is 26.7 Å². The van der Waals surface area contributed by atoms with Crippen LogP contribution in [0.5, 0.6) is 5.75 Å². The van der Waals surface area contributed by atoms with Gasteiger partial charge in [0.15, 0.2) is 6.61 Å². The van der Waals surface area contributed by atoms with Crippen LogP contribution in [-0.4, -0.2) is 35.9 Å². The lowest BCUT2D eigenvalue weighted by atomic mass is 10.1. The summed E-state index contributed by atoms with van der Waals surface area (Å²) in [7, 11) is 0. The summed E-state index contributed by atoms with van der Waals surface area (Å²) in [6.45, 7) is 12.7. The van der Waals surface area contributed by atoms with Gasteiger partial charge in [0, 0.05) is 13.1 Å². The molecule has 5 heteroatoms. The van der Waals surface area contributed by atoms with Crippen molar-refractivity contribution in [2.75, 3.05) is 13.2 Å². The molecule has 0 bridgehead atoms. The molecule has 2 aromatic carbocycles. The number of rotatable bonds is 9. The van der Waals surface area contributed by atoms with Gasteiger partial charge >= 0.3 is 0 Å². The van der Waals surface area contributed by atoms with Gasteiger partial charge < -0.3 is 15.0 Å². The Morgan fingerprint density at radius 2 is 1.63 bits per heavy atom. The molecule has 0 heterocycles. The Balaban J connectivity index is 2.18. The summed E-state index contributed by atoms with van der Waals surface area (Å²) in [6, 6.07) is 13.1. The Labute approximate surface area is 180 Å². The fraction of sp³-hybridized carbons (Fsp3) is 0.440. The second-order valence-corrected chi connectivity index (χ2v) is 8.25. The van der Waals surface area contributed by atoms with Crippen LogP contribution in [0.3, 0.4) is 0 Å². The van der Waals surface area contributed by atoms with Crippen molar-refractivity contribution in [3.05, 3.63) is 64.7 Å². The third-order valence-corrected chi connectivity index (χ3v) is 5.36. The van der Waals surface area contributed by atoms with E-state index in [0.717, 1.165) is 22.3 Å². The minimum absolute atomic E-state index is 0.113. The van der Waals surface area contributed by atoms with Crippen molar-refractivity contribution in [1.82, 2.24) is 10.2 Å². The second kappa shape index (κ2) is 10.8. The zero-order valence-corrected chi connectivity index (χ0v) is 19.0. The fourth-order valence-electron chi connectivity index (χ4n) is 3.11. The molecule has 162 valence electrons. The molecule has 0 spiro atoms. The van der Waals surface area contributed by atoms with Crippen molar-refractivity contribution in [3.8, 4) is 5.75 Å². The van der Waals surface area contributed by atoms with Gasteiger partial charge in [0.05, 0.1) is 0 Å². The van der Waals surface area contributed by atoms with Crippen molar-refractivity contribution < 1.29 is 14.3 Å². The Kier molecular flexibility index (Phi) is 8.46. The smallest absolute Gasteiger partial charge is 0.261 e. The fourth-order valence-corrected chi connectivity index (χ4v) is 3.11. The topological polar surface area (TPSA) is 58.6 Å². The number of amides is 2. The van der Waals surface area contributed by atoms with Crippen LogP contribution in [0.25, 0.3) is 0 Å². The number of hydrogen-bond acceptors (Lipinski definition) is 3. The maximum atomic E-state index is 13.1. The molecule has 30 heavy (non-hydrogen) atoms. The average molecular weight is 411 g/mol. The lowest BCUT2D eigenvalue weighted by Gasteiger charge is -2.29. The highest BCUT2D eigenvalue weighted by molar-refractivity contribution is 5.88. The van der Waals surface area contributed by atoms with Crippen LogP contribution in [0.2, 0.25) is 0 Å². The van der Waals surface area contributed by atoms with Gasteiger partial charge in [0.2, 0.25) is 5.91 Å². The number of nitrogens with one attached hydrogen (secondary N) is 1. The van der Waals surface area contributed by atoms with E-state index in [1.54, 1.807) is 11.8 Å². The molecule has 1 unspecified atom stereocenters. The van der Waals surface area contributed by atoms with E-state index >= 15 is 0 Å². The molecule has 0 saturated heterocycles. The highest BCUT2D eigenvalue weighted by Crippen LogP contribution is 2.21. The Morgan fingerprint density at radius 1 is 0.967 bits per heavy atom. The highest BCUT2D eigenvalue weighted by atomic mass is 16.5. The quantitative estimate of drug-likeness (QED) is 0.675. The summed E-state index contributed by atoms with van der Waals surface area (Å²) in [5.74, 6) is 0.661. The van der Waals surface area contributed by atoms with E-state index in [-0.39, 0.29) is 18.4 Å². The summed E-state index contributed by atoms with van der Waals surface area (Å²) in [5, 5.41) is 2.93. The standard InChI is InChI=1S/C25H34N2O3/c1-17(2)14-26-25(29)21(6)27(15-22-12-8-7-10-19(22)4)24(28)16-30-23-13-9-11-18(3)20(23)5/h7-13,17,21H,14-16H2,1-6H3,(H,26,29). The summed E-state index contributed by atoms with van der Waals surface area (Å²) in [5.41, 5.74) is 4.22. The van der Waals surface area contributed by atoms with E-state index in [0.29, 0.717) is 24.8 Å². The van der Waals surface area contributed by atoms with Crippen LogP contribution >= 0.6 is 0 Å². The van der Waals surface area contributed by atoms with Gasteiger partial charge in [-0.2, -0.15) is 0 Å². The van der Waals surface area contributed by atoms with Gasteiger partial charge in [-0.1, -0.05) is 50.2 Å². The molecule has 0 aliphatic rings. The van der Waals surface area contributed by atoms with Crippen LogP contribution < -0.4 is 10.1 Å². The van der Waals surface area contributed by atoms with Gasteiger partial charge in [-0.25, -0.2) is 0 Å². The maximum Gasteiger partial charge on any atom is 0.261 e. The summed E-state index contributed by atoms with van der Waals surface area (Å²) >= 11 is 0. The zero-order chi connectivity index (χ0) is 22.3. The van der Waals surface area contributed by atoms with Gasteiger partial charge in [0.1, 0.15) is 11.8 Å². The zero-order valence-electron chi connectivity index (χ0n) is 19.0. The third-order valence-electron chi connectivity index (χ3n) is 5.36. The predicted octanol–water partition coefficient (Wildman–Crippen LogP) is 4.18. The summed E-state index contributed by atoms with van der Waals surface area (Å²) in [4.78, 5) is 27.4. The first-order valence-electron chi connectivity index (χ1n) is 10.5. The average Bonchev–Trinajstić information content (AvgIpc) is 2.71. The van der Waals surface area contributed by atoms with Crippen molar-refractivity contribution in [2.24, 2.45) is 5.92 Å². The predicted molar refractivity (Wildman–Crippen MR) is 120 cm³/mol. The number of ether oxygens (including phenoxy) is 1. The number of aryl methyl sites for hydroxylation is 2. The number of nitrogens with zero attached hydrogens (tertiary/aromatic N) is 1. The SMILES string of the molecule is Cc1ccccc1CN(C(=O)COc1cccc(C)c1C)C(C)C(=O)NCC(C)C. The largest absolute Gasteiger partial charge is 0.483 e. The molecule has 0 aliphatic heterocycles. The van der Waals surface area contributed by atoms with Crippen LogP contribution in [0.4, 0.5) is 0 Å². The second-order valence-electron chi connectivity index (χ2n) is 8.25. The molecular weight excluding hydrogens is 376 g/mol. The van der Waals surface area contributed by atoms with Crippen molar-refractivity contribution in [3.63, 3.8) is 0 Å². The summed E-state index contributed by atoms with van der Waals surface area (Å²) < 4.78 is 5.83. The first-order valence-corrected chi connectivity index (χ1v) is 10.5. The number of hydrogen-bond donors (Lipinski definition) is 1. The van der Waals surface area contributed by atoms with Crippen molar-refractivity contribution in [2.45, 2.75) is 54.1 Å². The molecule has 0 saturated carbocycles. The lowest BCUT2D eigenvalue weighted by molar-refractivity contribution is -0.142. The molecular formula is C25H34N2O3. The minimum Gasteiger partial charge on any atom is -0.483 e. The van der Waals surface area contributed by atoms with Gasteiger partial charge in [0.25, 0.3) is 5.91 Å². The van der Waals surface area contributed by atoms with E-state index in [1.165, 1.54) is 0 Å². The first kappa shape index (κ1) is 23.5. The molecule has 0 fully saturated rings. The number of carbonyl (C=O) groups is 2. The van der Waals surface area contributed by atoms with Crippen molar-refractivity contribution in [1.29, 1.82) is 0 Å². The van der Waals surface area contributed by atoms with Crippen LogP contribution in [-0.2, 0) is 16.1 Å². The molecule has 1 N–H and O–H groups in total. The van der Waals surface area contributed by atoms with E-state index in [1.807, 2.05) is 77.1 Å². The van der Waals surface area contributed by atoms with Crippen LogP contribution in [0.1, 0.15) is 43.0 Å². The minimum atomic E-state index is -0.599. The van der Waals surface area contributed by atoms with E-state index in [2.05, 4.69) is 5.32 Å². The Hall–Kier alpha value is -2.82. The Morgan fingerprint density at radius 3 is 2.30 bits per heavy atom. The molecule has 0 radical (unpaired) electrons. The van der Waals surface area contributed by atoms with Gasteiger partial charge in [-0.3, -0.25) is 9.59 Å². The normalized spacial score (nSPS) is 11.8. The van der Waals surface area contributed by atoms with E-state index in [4.69, 9.17) is 4.74 Å². The van der Waals surface area contributed by atoms with E-state index in [9.17, 15) is 9.59 Å².